The average molecular weight is 328 g/mol. The van der Waals surface area contributed by atoms with E-state index in [1.54, 1.807) is 6.07 Å². The fraction of sp³-hybridized carbons (Fsp3) is 0.500. The van der Waals surface area contributed by atoms with Gasteiger partial charge in [0.05, 0.1) is 19.1 Å². The molecule has 0 bridgehead atoms. The van der Waals surface area contributed by atoms with Gasteiger partial charge in [0.2, 0.25) is 0 Å². The molecule has 1 aliphatic carbocycles. The molecule has 98 valence electrons. The molecule has 1 saturated carbocycles. The molecule has 1 aromatic rings. The normalized spacial score (nSPS) is 30.7. The van der Waals surface area contributed by atoms with Crippen LogP contribution < -0.4 is 0 Å². The Balaban J connectivity index is 1.88. The van der Waals surface area contributed by atoms with Crippen molar-refractivity contribution in [2.45, 2.75) is 16.5 Å². The SMILES string of the molecule is Clc1cc(Cl)cc(C2C(C3OCCO3)C2(Cl)Cl)c1. The van der Waals surface area contributed by atoms with Crippen LogP contribution in [-0.2, 0) is 9.47 Å². The van der Waals surface area contributed by atoms with Gasteiger partial charge in [-0.25, -0.2) is 0 Å². The molecule has 0 amide bonds. The van der Waals surface area contributed by atoms with E-state index in [-0.39, 0.29) is 18.1 Å². The van der Waals surface area contributed by atoms with Crippen LogP contribution in [0.15, 0.2) is 18.2 Å². The zero-order valence-corrected chi connectivity index (χ0v) is 12.2. The predicted molar refractivity (Wildman–Crippen MR) is 72.8 cm³/mol. The molecule has 2 unspecified atom stereocenters. The van der Waals surface area contributed by atoms with Crippen molar-refractivity contribution >= 4 is 46.4 Å². The first kappa shape index (κ1) is 13.3. The summed E-state index contributed by atoms with van der Waals surface area (Å²) >= 11 is 24.6. The number of benzene rings is 1. The minimum atomic E-state index is -0.886. The van der Waals surface area contributed by atoms with Crippen LogP contribution >= 0.6 is 46.4 Å². The molecule has 2 fully saturated rings. The highest BCUT2D eigenvalue weighted by atomic mass is 35.5. The summed E-state index contributed by atoms with van der Waals surface area (Å²) in [6, 6.07) is 5.33. The number of hydrogen-bond acceptors (Lipinski definition) is 2. The lowest BCUT2D eigenvalue weighted by Gasteiger charge is -2.08. The first-order chi connectivity index (χ1) is 8.50. The van der Waals surface area contributed by atoms with Crippen molar-refractivity contribution in [3.05, 3.63) is 33.8 Å². The summed E-state index contributed by atoms with van der Waals surface area (Å²) in [4.78, 5) is 0. The topological polar surface area (TPSA) is 18.5 Å². The van der Waals surface area contributed by atoms with Crippen LogP contribution in [0.3, 0.4) is 0 Å². The lowest BCUT2D eigenvalue weighted by atomic mass is 10.1. The second kappa shape index (κ2) is 4.69. The largest absolute Gasteiger partial charge is 0.350 e. The van der Waals surface area contributed by atoms with Crippen LogP contribution in [0.2, 0.25) is 10.0 Å². The van der Waals surface area contributed by atoms with Gasteiger partial charge in [0.25, 0.3) is 0 Å². The number of halogens is 4. The molecule has 18 heavy (non-hydrogen) atoms. The van der Waals surface area contributed by atoms with E-state index in [1.165, 1.54) is 0 Å². The van der Waals surface area contributed by atoms with Gasteiger partial charge in [0.1, 0.15) is 4.33 Å². The number of rotatable bonds is 2. The molecule has 1 heterocycles. The second-order valence-corrected chi connectivity index (χ2v) is 6.81. The van der Waals surface area contributed by atoms with Crippen molar-refractivity contribution in [1.29, 1.82) is 0 Å². The summed E-state index contributed by atoms with van der Waals surface area (Å²) < 4.78 is 10.0. The third-order valence-corrected chi connectivity index (χ3v) is 4.70. The Labute approximate surface area is 125 Å². The highest BCUT2D eigenvalue weighted by Crippen LogP contribution is 2.67. The van der Waals surface area contributed by atoms with Gasteiger partial charge >= 0.3 is 0 Å². The van der Waals surface area contributed by atoms with E-state index in [4.69, 9.17) is 55.9 Å². The monoisotopic (exact) mass is 326 g/mol. The van der Waals surface area contributed by atoms with E-state index in [1.807, 2.05) is 12.1 Å². The molecule has 1 aromatic carbocycles. The van der Waals surface area contributed by atoms with Gasteiger partial charge in [-0.1, -0.05) is 23.2 Å². The summed E-state index contributed by atoms with van der Waals surface area (Å²) in [6.45, 7) is 1.15. The maximum absolute atomic E-state index is 6.31. The summed E-state index contributed by atoms with van der Waals surface area (Å²) in [6.07, 6.45) is -0.345. The maximum atomic E-state index is 6.31. The van der Waals surface area contributed by atoms with Crippen LogP contribution in [-0.4, -0.2) is 23.8 Å². The van der Waals surface area contributed by atoms with Gasteiger partial charge in [-0.15, -0.1) is 23.2 Å². The standard InChI is InChI=1S/C12H10Cl4O2/c13-7-3-6(4-8(14)5-7)9-10(12(9,15)16)11-17-1-2-18-11/h3-5,9-11H,1-2H2. The highest BCUT2D eigenvalue weighted by Gasteiger charge is 2.68. The molecule has 6 heteroatoms. The molecule has 0 aromatic heterocycles. The molecular formula is C12H10Cl4O2. The van der Waals surface area contributed by atoms with Gasteiger partial charge < -0.3 is 9.47 Å². The van der Waals surface area contributed by atoms with Gasteiger partial charge in [-0.2, -0.15) is 0 Å². The Bertz CT molecular complexity index is 451. The Morgan fingerprint density at radius 3 is 2.11 bits per heavy atom. The first-order valence-electron chi connectivity index (χ1n) is 5.57. The molecule has 0 spiro atoms. The Kier molecular flexibility index (Phi) is 3.46. The van der Waals surface area contributed by atoms with E-state index in [0.29, 0.717) is 23.3 Å². The van der Waals surface area contributed by atoms with E-state index < -0.39 is 4.33 Å². The second-order valence-electron chi connectivity index (χ2n) is 4.49. The van der Waals surface area contributed by atoms with Crippen LogP contribution in [0.1, 0.15) is 11.5 Å². The third kappa shape index (κ3) is 2.24. The Morgan fingerprint density at radius 1 is 1.00 bits per heavy atom. The molecule has 2 nitrogen and oxygen atoms in total. The molecule has 1 saturated heterocycles. The quantitative estimate of drug-likeness (QED) is 0.756. The van der Waals surface area contributed by atoms with Crippen LogP contribution in [0.5, 0.6) is 0 Å². The van der Waals surface area contributed by atoms with Crippen molar-refractivity contribution in [1.82, 2.24) is 0 Å². The Hall–Kier alpha value is 0.300. The molecule has 3 rings (SSSR count). The number of ether oxygens (including phenoxy) is 2. The number of hydrogen-bond donors (Lipinski definition) is 0. The lowest BCUT2D eigenvalue weighted by molar-refractivity contribution is -0.0591. The van der Waals surface area contributed by atoms with Gasteiger partial charge in [0, 0.05) is 16.0 Å². The fourth-order valence-electron chi connectivity index (χ4n) is 2.46. The van der Waals surface area contributed by atoms with Crippen molar-refractivity contribution in [3.63, 3.8) is 0 Å². The fourth-order valence-corrected chi connectivity index (χ4v) is 3.86. The minimum absolute atomic E-state index is 0.0693. The predicted octanol–water partition coefficient (Wildman–Crippen LogP) is 4.25. The van der Waals surface area contributed by atoms with E-state index in [9.17, 15) is 0 Å². The minimum Gasteiger partial charge on any atom is -0.350 e. The highest BCUT2D eigenvalue weighted by molar-refractivity contribution is 6.52. The molecule has 2 atom stereocenters. The summed E-state index contributed by atoms with van der Waals surface area (Å²) in [5, 5.41) is 1.14. The average Bonchev–Trinajstić information content (AvgIpc) is 2.65. The van der Waals surface area contributed by atoms with Crippen molar-refractivity contribution in [2.75, 3.05) is 13.2 Å². The van der Waals surface area contributed by atoms with Crippen molar-refractivity contribution in [2.24, 2.45) is 5.92 Å². The molecule has 2 aliphatic rings. The Morgan fingerprint density at radius 2 is 1.56 bits per heavy atom. The van der Waals surface area contributed by atoms with Gasteiger partial charge in [0.15, 0.2) is 6.29 Å². The smallest absolute Gasteiger partial charge is 0.164 e. The third-order valence-electron chi connectivity index (χ3n) is 3.29. The van der Waals surface area contributed by atoms with E-state index in [2.05, 4.69) is 0 Å². The van der Waals surface area contributed by atoms with E-state index >= 15 is 0 Å². The first-order valence-corrected chi connectivity index (χ1v) is 7.08. The van der Waals surface area contributed by atoms with Crippen LogP contribution in [0.4, 0.5) is 0 Å². The summed E-state index contributed by atoms with van der Waals surface area (Å²) in [7, 11) is 0. The van der Waals surface area contributed by atoms with Gasteiger partial charge in [-0.05, 0) is 23.8 Å². The lowest BCUT2D eigenvalue weighted by Crippen LogP contribution is -2.14. The molecule has 0 radical (unpaired) electrons. The van der Waals surface area contributed by atoms with Crippen molar-refractivity contribution < 1.29 is 9.47 Å². The van der Waals surface area contributed by atoms with E-state index in [0.717, 1.165) is 5.56 Å². The van der Waals surface area contributed by atoms with Crippen LogP contribution in [0, 0.1) is 5.92 Å². The zero-order chi connectivity index (χ0) is 12.9. The maximum Gasteiger partial charge on any atom is 0.164 e. The summed E-state index contributed by atoms with van der Waals surface area (Å²) in [5.74, 6) is -0.155. The van der Waals surface area contributed by atoms with Crippen LogP contribution in [0.25, 0.3) is 0 Å². The molecule has 0 N–H and O–H groups in total. The molecular weight excluding hydrogens is 318 g/mol. The summed E-state index contributed by atoms with van der Waals surface area (Å²) in [5.41, 5.74) is 0.918. The molecule has 1 aliphatic heterocycles. The zero-order valence-electron chi connectivity index (χ0n) is 9.21. The van der Waals surface area contributed by atoms with Gasteiger partial charge in [-0.3, -0.25) is 0 Å². The van der Waals surface area contributed by atoms with Crippen molar-refractivity contribution in [3.8, 4) is 0 Å². The number of alkyl halides is 2.